The van der Waals surface area contributed by atoms with Crippen LogP contribution in [0.15, 0.2) is 24.3 Å². The van der Waals surface area contributed by atoms with E-state index in [1.54, 1.807) is 18.4 Å². The molecule has 1 aromatic carbocycles. The van der Waals surface area contributed by atoms with E-state index in [9.17, 15) is 0 Å². The highest BCUT2D eigenvalue weighted by atomic mass is 32.1. The minimum atomic E-state index is 0.0254. The quantitative estimate of drug-likeness (QED) is 0.926. The number of nitrogens with two attached hydrogens (primary N) is 1. The van der Waals surface area contributed by atoms with Crippen LogP contribution in [0.25, 0.3) is 0 Å². The van der Waals surface area contributed by atoms with E-state index >= 15 is 0 Å². The first-order valence-electron chi connectivity index (χ1n) is 7.20. The number of thiazole rings is 1. The predicted octanol–water partition coefficient (Wildman–Crippen LogP) is 4.06. The molecular weight excluding hydrogens is 280 g/mol. The monoisotopic (exact) mass is 304 g/mol. The van der Waals surface area contributed by atoms with Crippen LogP contribution in [-0.2, 0) is 11.8 Å². The molecule has 0 radical (unpaired) electrons. The summed E-state index contributed by atoms with van der Waals surface area (Å²) in [7, 11) is 1.68. The Labute approximate surface area is 131 Å². The summed E-state index contributed by atoms with van der Waals surface area (Å²) in [4.78, 5) is 6.05. The van der Waals surface area contributed by atoms with E-state index in [1.165, 1.54) is 10.4 Å². The Balaban J connectivity index is 2.28. The van der Waals surface area contributed by atoms with Crippen LogP contribution >= 0.6 is 11.3 Å². The maximum Gasteiger partial charge on any atom is 0.118 e. The average Bonchev–Trinajstić information content (AvgIpc) is 2.84. The topological polar surface area (TPSA) is 48.1 Å². The van der Waals surface area contributed by atoms with Crippen molar-refractivity contribution in [2.24, 2.45) is 5.73 Å². The molecule has 0 saturated carbocycles. The van der Waals surface area contributed by atoms with Gasteiger partial charge >= 0.3 is 0 Å². The molecule has 0 aliphatic carbocycles. The number of hydrogen-bond acceptors (Lipinski definition) is 4. The highest BCUT2D eigenvalue weighted by Crippen LogP contribution is 2.33. The largest absolute Gasteiger partial charge is 0.497 e. The molecule has 21 heavy (non-hydrogen) atoms. The van der Waals surface area contributed by atoms with E-state index in [-0.39, 0.29) is 11.5 Å². The summed E-state index contributed by atoms with van der Waals surface area (Å²) < 4.78 is 5.19. The molecule has 1 atom stereocenters. The standard InChI is InChI=1S/C17H24N2OS/c1-11(18)15-16(17(2,3)4)19-14(21-15)10-12-6-8-13(20-5)9-7-12/h6-9,11H,10,18H2,1-5H3. The number of nitrogens with zero attached hydrogens (tertiary/aromatic N) is 1. The smallest absolute Gasteiger partial charge is 0.118 e. The molecule has 0 amide bonds. The van der Waals surface area contributed by atoms with Gasteiger partial charge in [0.1, 0.15) is 5.75 Å². The van der Waals surface area contributed by atoms with Gasteiger partial charge in [0.15, 0.2) is 0 Å². The van der Waals surface area contributed by atoms with Crippen LogP contribution in [-0.4, -0.2) is 12.1 Å². The lowest BCUT2D eigenvalue weighted by Crippen LogP contribution is -2.17. The molecular formula is C17H24N2OS. The van der Waals surface area contributed by atoms with Crippen molar-refractivity contribution in [1.29, 1.82) is 0 Å². The minimum absolute atomic E-state index is 0.0254. The zero-order valence-electron chi connectivity index (χ0n) is 13.4. The van der Waals surface area contributed by atoms with E-state index in [4.69, 9.17) is 15.5 Å². The van der Waals surface area contributed by atoms with Crippen LogP contribution in [0.3, 0.4) is 0 Å². The lowest BCUT2D eigenvalue weighted by Gasteiger charge is -2.18. The molecule has 1 aromatic heterocycles. The first-order chi connectivity index (χ1) is 9.81. The Morgan fingerprint density at radius 1 is 1.24 bits per heavy atom. The Morgan fingerprint density at radius 2 is 1.86 bits per heavy atom. The first-order valence-corrected chi connectivity index (χ1v) is 8.01. The van der Waals surface area contributed by atoms with Gasteiger partial charge in [0.05, 0.1) is 17.8 Å². The summed E-state index contributed by atoms with van der Waals surface area (Å²) in [5.41, 5.74) is 8.50. The average molecular weight is 304 g/mol. The second-order valence-electron chi connectivity index (χ2n) is 6.38. The van der Waals surface area contributed by atoms with E-state index in [0.717, 1.165) is 22.9 Å². The van der Waals surface area contributed by atoms with Crippen LogP contribution < -0.4 is 10.5 Å². The summed E-state index contributed by atoms with van der Waals surface area (Å²) in [5, 5.41) is 1.12. The van der Waals surface area contributed by atoms with Crippen molar-refractivity contribution >= 4 is 11.3 Å². The lowest BCUT2D eigenvalue weighted by molar-refractivity contribution is 0.414. The van der Waals surface area contributed by atoms with Crippen molar-refractivity contribution in [1.82, 2.24) is 4.98 Å². The number of hydrogen-bond donors (Lipinski definition) is 1. The maximum absolute atomic E-state index is 6.11. The maximum atomic E-state index is 6.11. The normalized spacial score (nSPS) is 13.2. The van der Waals surface area contributed by atoms with E-state index < -0.39 is 0 Å². The van der Waals surface area contributed by atoms with Gasteiger partial charge < -0.3 is 10.5 Å². The molecule has 0 fully saturated rings. The summed E-state index contributed by atoms with van der Waals surface area (Å²) in [6.07, 6.45) is 0.838. The van der Waals surface area contributed by atoms with E-state index in [1.807, 2.05) is 19.1 Å². The SMILES string of the molecule is COc1ccc(Cc2nc(C(C)(C)C)c(C(C)N)s2)cc1. The number of benzene rings is 1. The van der Waals surface area contributed by atoms with Gasteiger partial charge in [0.25, 0.3) is 0 Å². The number of aromatic nitrogens is 1. The van der Waals surface area contributed by atoms with Crippen LogP contribution in [0, 0.1) is 0 Å². The molecule has 4 heteroatoms. The Bertz CT molecular complexity index is 594. The van der Waals surface area contributed by atoms with Gasteiger partial charge in [-0.2, -0.15) is 0 Å². The van der Waals surface area contributed by atoms with Crippen molar-refractivity contribution in [3.8, 4) is 5.75 Å². The third kappa shape index (κ3) is 3.83. The second kappa shape index (κ2) is 6.16. The molecule has 2 rings (SSSR count). The summed E-state index contributed by atoms with van der Waals surface area (Å²) in [6.45, 7) is 8.58. The summed E-state index contributed by atoms with van der Waals surface area (Å²) in [5.74, 6) is 0.879. The molecule has 3 nitrogen and oxygen atoms in total. The van der Waals surface area contributed by atoms with Gasteiger partial charge in [-0.15, -0.1) is 11.3 Å². The molecule has 0 spiro atoms. The first kappa shape index (κ1) is 16.0. The fourth-order valence-electron chi connectivity index (χ4n) is 2.22. The third-order valence-electron chi connectivity index (χ3n) is 3.34. The Kier molecular flexibility index (Phi) is 4.69. The van der Waals surface area contributed by atoms with Gasteiger partial charge in [-0.1, -0.05) is 32.9 Å². The van der Waals surface area contributed by atoms with E-state index in [2.05, 4.69) is 32.9 Å². The minimum Gasteiger partial charge on any atom is -0.497 e. The molecule has 2 aromatic rings. The highest BCUT2D eigenvalue weighted by Gasteiger charge is 2.24. The van der Waals surface area contributed by atoms with Gasteiger partial charge in [-0.25, -0.2) is 4.98 Å². The zero-order valence-corrected chi connectivity index (χ0v) is 14.3. The number of ether oxygens (including phenoxy) is 1. The van der Waals surface area contributed by atoms with Crippen molar-refractivity contribution < 1.29 is 4.74 Å². The Hall–Kier alpha value is -1.39. The van der Waals surface area contributed by atoms with Crippen molar-refractivity contribution in [3.63, 3.8) is 0 Å². The third-order valence-corrected chi connectivity index (χ3v) is 4.59. The zero-order chi connectivity index (χ0) is 15.6. The van der Waals surface area contributed by atoms with Crippen LogP contribution in [0.4, 0.5) is 0 Å². The molecule has 1 unspecified atom stereocenters. The number of rotatable bonds is 4. The van der Waals surface area contributed by atoms with Crippen molar-refractivity contribution in [2.75, 3.05) is 7.11 Å². The van der Waals surface area contributed by atoms with Gasteiger partial charge in [-0.3, -0.25) is 0 Å². The fourth-order valence-corrected chi connectivity index (χ4v) is 3.48. The van der Waals surface area contributed by atoms with Crippen LogP contribution in [0.5, 0.6) is 5.75 Å². The highest BCUT2D eigenvalue weighted by molar-refractivity contribution is 7.11. The second-order valence-corrected chi connectivity index (χ2v) is 7.50. The number of methoxy groups -OCH3 is 1. The van der Waals surface area contributed by atoms with Crippen molar-refractivity contribution in [3.05, 3.63) is 45.4 Å². The molecule has 2 N–H and O–H groups in total. The summed E-state index contributed by atoms with van der Waals surface area (Å²) in [6, 6.07) is 8.17. The van der Waals surface area contributed by atoms with Crippen LogP contribution in [0.2, 0.25) is 0 Å². The van der Waals surface area contributed by atoms with Crippen molar-refractivity contribution in [2.45, 2.75) is 45.6 Å². The van der Waals surface area contributed by atoms with Gasteiger partial charge in [0.2, 0.25) is 0 Å². The van der Waals surface area contributed by atoms with Gasteiger partial charge in [0, 0.05) is 22.8 Å². The van der Waals surface area contributed by atoms with Gasteiger partial charge in [-0.05, 0) is 24.6 Å². The predicted molar refractivity (Wildman–Crippen MR) is 89.2 cm³/mol. The summed E-state index contributed by atoms with van der Waals surface area (Å²) >= 11 is 1.73. The molecule has 0 aliphatic heterocycles. The molecule has 0 bridgehead atoms. The molecule has 114 valence electrons. The lowest BCUT2D eigenvalue weighted by atomic mass is 9.90. The van der Waals surface area contributed by atoms with Crippen LogP contribution in [0.1, 0.15) is 54.9 Å². The molecule has 1 heterocycles. The van der Waals surface area contributed by atoms with E-state index in [0.29, 0.717) is 0 Å². The fraction of sp³-hybridized carbons (Fsp3) is 0.471. The molecule has 0 saturated heterocycles. The Morgan fingerprint density at radius 3 is 2.29 bits per heavy atom. The molecule has 0 aliphatic rings.